The number of carbonyl (C=O) groups is 1. The highest BCUT2D eigenvalue weighted by atomic mass is 31.2. The highest BCUT2D eigenvalue weighted by Gasteiger charge is 2.36. The van der Waals surface area contributed by atoms with Gasteiger partial charge in [0.1, 0.15) is 0 Å². The molecular formula is C15H18NO2P2-. The van der Waals surface area contributed by atoms with Crippen molar-refractivity contribution in [2.45, 2.75) is 34.6 Å². The minimum absolute atomic E-state index is 0.0323. The molecule has 1 aromatic rings. The van der Waals surface area contributed by atoms with Gasteiger partial charge in [-0.15, -0.1) is 0 Å². The zero-order valence-electron chi connectivity index (χ0n) is 12.4. The molecule has 0 fully saturated rings. The molecule has 1 aromatic carbocycles. The number of rotatable bonds is 2. The molecular weight excluding hydrogens is 288 g/mol. The molecule has 0 saturated heterocycles. The van der Waals surface area contributed by atoms with E-state index in [2.05, 4.69) is 0 Å². The van der Waals surface area contributed by atoms with E-state index in [1.54, 1.807) is 0 Å². The summed E-state index contributed by atoms with van der Waals surface area (Å²) in [6, 6.07) is 5.99. The Morgan fingerprint density at radius 2 is 1.80 bits per heavy atom. The molecule has 1 aliphatic rings. The zero-order chi connectivity index (χ0) is 15.1. The van der Waals surface area contributed by atoms with Crippen molar-refractivity contribution in [1.82, 2.24) is 0 Å². The van der Waals surface area contributed by atoms with E-state index in [1.165, 1.54) is 0 Å². The molecule has 0 spiro atoms. The van der Waals surface area contributed by atoms with Crippen LogP contribution >= 0.6 is 16.1 Å². The predicted octanol–water partition coefficient (Wildman–Crippen LogP) is 4.39. The van der Waals surface area contributed by atoms with Gasteiger partial charge in [0, 0.05) is 13.3 Å². The first-order valence-corrected chi connectivity index (χ1v) is 8.70. The van der Waals surface area contributed by atoms with Crippen LogP contribution in [0, 0.1) is 19.3 Å². The average Bonchev–Trinajstić information content (AvgIpc) is 2.31. The first-order chi connectivity index (χ1) is 9.21. The van der Waals surface area contributed by atoms with Crippen molar-refractivity contribution < 1.29 is 9.90 Å². The molecule has 0 N–H and O–H groups in total. The van der Waals surface area contributed by atoms with Gasteiger partial charge in [-0.05, 0) is 33.2 Å². The Kier molecular flexibility index (Phi) is 4.25. The summed E-state index contributed by atoms with van der Waals surface area (Å²) in [5.41, 5.74) is 3.50. The third kappa shape index (κ3) is 2.91. The lowest BCUT2D eigenvalue weighted by Crippen LogP contribution is -2.31. The molecule has 2 rings (SSSR count). The van der Waals surface area contributed by atoms with Crippen molar-refractivity contribution in [3.63, 3.8) is 0 Å². The van der Waals surface area contributed by atoms with Crippen LogP contribution in [0.3, 0.4) is 0 Å². The zero-order valence-corrected chi connectivity index (χ0v) is 14.2. The SMILES string of the molecule is Cc1cccc(C)c1N=C(P1C(=O)P=C1[O-])C(C)(C)C. The van der Waals surface area contributed by atoms with E-state index in [1.807, 2.05) is 52.8 Å². The van der Waals surface area contributed by atoms with Gasteiger partial charge in [-0.1, -0.05) is 44.2 Å². The van der Waals surface area contributed by atoms with Crippen molar-refractivity contribution in [1.29, 1.82) is 0 Å². The fourth-order valence-corrected chi connectivity index (χ4v) is 5.37. The van der Waals surface area contributed by atoms with Gasteiger partial charge >= 0.3 is 0 Å². The van der Waals surface area contributed by atoms with Crippen LogP contribution in [0.25, 0.3) is 0 Å². The molecule has 1 aliphatic heterocycles. The average molecular weight is 306 g/mol. The Labute approximate surface area is 122 Å². The molecule has 106 valence electrons. The van der Waals surface area contributed by atoms with Gasteiger partial charge in [-0.2, -0.15) is 0 Å². The van der Waals surface area contributed by atoms with Gasteiger partial charge < -0.3 is 5.11 Å². The topological polar surface area (TPSA) is 52.5 Å². The quantitative estimate of drug-likeness (QED) is 0.601. The first-order valence-electron chi connectivity index (χ1n) is 6.47. The van der Waals surface area contributed by atoms with Crippen molar-refractivity contribution in [3.8, 4) is 0 Å². The van der Waals surface area contributed by atoms with Crippen LogP contribution in [0.2, 0.25) is 0 Å². The van der Waals surface area contributed by atoms with Gasteiger partial charge in [-0.3, -0.25) is 9.79 Å². The van der Waals surface area contributed by atoms with Crippen LogP contribution in [0.15, 0.2) is 23.2 Å². The van der Waals surface area contributed by atoms with Crippen LogP contribution < -0.4 is 5.11 Å². The summed E-state index contributed by atoms with van der Waals surface area (Å²) in [6.45, 7) is 10.0. The Bertz CT molecular complexity index is 607. The maximum Gasteiger partial charge on any atom is 0.210 e. The van der Waals surface area contributed by atoms with Crippen molar-refractivity contribution >= 4 is 37.8 Å². The van der Waals surface area contributed by atoms with Crippen LogP contribution in [-0.4, -0.2) is 15.9 Å². The number of para-hydroxylation sites is 1. The summed E-state index contributed by atoms with van der Waals surface area (Å²) in [7, 11) is -1.02. The molecule has 0 aliphatic carbocycles. The molecule has 0 radical (unpaired) electrons. The van der Waals surface area contributed by atoms with E-state index in [4.69, 9.17) is 4.99 Å². The smallest absolute Gasteiger partial charge is 0.210 e. The predicted molar refractivity (Wildman–Crippen MR) is 86.7 cm³/mol. The van der Waals surface area contributed by atoms with Crippen molar-refractivity contribution in [3.05, 3.63) is 29.3 Å². The Hall–Kier alpha value is -0.880. The second-order valence-electron chi connectivity index (χ2n) is 5.94. The standard InChI is InChI=1S/C15H19NO2P2/c1-9-7-6-8-10(2)11(9)16-12(15(3,4)5)20-13(17)19-14(20)18/h6-8,17H,1-5H3/p-1. The summed E-state index contributed by atoms with van der Waals surface area (Å²) < 4.78 is 0. The lowest BCUT2D eigenvalue weighted by Gasteiger charge is -2.36. The maximum atomic E-state index is 11.8. The molecule has 20 heavy (non-hydrogen) atoms. The number of aryl methyl sites for hydroxylation is 2. The largest absolute Gasteiger partial charge is 0.823 e. The number of hydrogen-bond donors (Lipinski definition) is 0. The monoisotopic (exact) mass is 306 g/mol. The molecule has 5 heteroatoms. The summed E-state index contributed by atoms with van der Waals surface area (Å²) in [6.07, 6.45) is 0. The second kappa shape index (κ2) is 5.48. The van der Waals surface area contributed by atoms with Crippen molar-refractivity contribution in [2.75, 3.05) is 0 Å². The van der Waals surface area contributed by atoms with E-state index >= 15 is 0 Å². The van der Waals surface area contributed by atoms with E-state index in [-0.39, 0.29) is 15.9 Å². The number of carbonyl (C=O) groups excluding carboxylic acids is 1. The molecule has 0 bridgehead atoms. The van der Waals surface area contributed by atoms with E-state index in [9.17, 15) is 9.90 Å². The van der Waals surface area contributed by atoms with Gasteiger partial charge in [0.05, 0.1) is 11.1 Å². The van der Waals surface area contributed by atoms with E-state index < -0.39 is 7.92 Å². The number of benzene rings is 1. The Balaban J connectivity index is 2.56. The maximum absolute atomic E-state index is 11.8. The lowest BCUT2D eigenvalue weighted by atomic mass is 9.98. The van der Waals surface area contributed by atoms with Crippen LogP contribution in [0.5, 0.6) is 0 Å². The third-order valence-corrected chi connectivity index (χ3v) is 7.26. The molecule has 0 saturated carbocycles. The van der Waals surface area contributed by atoms with Crippen LogP contribution in [-0.2, 0) is 0 Å². The molecule has 0 aromatic heterocycles. The minimum Gasteiger partial charge on any atom is -0.823 e. The number of nitrogens with zero attached hydrogens (tertiary/aromatic N) is 1. The molecule has 1 unspecified atom stereocenters. The number of hydrogen-bond acceptors (Lipinski definition) is 3. The fraction of sp³-hybridized carbons (Fsp3) is 0.400. The van der Waals surface area contributed by atoms with E-state index in [0.717, 1.165) is 22.3 Å². The highest BCUT2D eigenvalue weighted by molar-refractivity contribution is 8.24. The summed E-state index contributed by atoms with van der Waals surface area (Å²) in [5.74, 6) is 0. The molecule has 1 atom stereocenters. The van der Waals surface area contributed by atoms with Gasteiger partial charge in [0.25, 0.3) is 0 Å². The minimum atomic E-state index is -1.36. The number of aliphatic imine (C=N–C) groups is 1. The summed E-state index contributed by atoms with van der Waals surface area (Å²) >= 11 is 0. The molecule has 3 nitrogen and oxygen atoms in total. The Morgan fingerprint density at radius 3 is 2.20 bits per heavy atom. The molecule has 1 heterocycles. The van der Waals surface area contributed by atoms with Crippen LogP contribution in [0.1, 0.15) is 31.9 Å². The lowest BCUT2D eigenvalue weighted by molar-refractivity contribution is -0.201. The Morgan fingerprint density at radius 1 is 1.25 bits per heavy atom. The first kappa shape index (κ1) is 15.5. The molecule has 0 amide bonds. The second-order valence-corrected chi connectivity index (χ2v) is 9.59. The van der Waals surface area contributed by atoms with Gasteiger partial charge in [0.2, 0.25) is 5.27 Å². The van der Waals surface area contributed by atoms with Gasteiger partial charge in [-0.25, -0.2) is 0 Å². The van der Waals surface area contributed by atoms with Gasteiger partial charge in [0.15, 0.2) is 0 Å². The fourth-order valence-electron chi connectivity index (χ4n) is 2.04. The van der Waals surface area contributed by atoms with Crippen molar-refractivity contribution in [2.24, 2.45) is 10.4 Å². The highest BCUT2D eigenvalue weighted by Crippen LogP contribution is 2.58. The summed E-state index contributed by atoms with van der Waals surface area (Å²) in [5, 5.41) is 11.9. The van der Waals surface area contributed by atoms with Crippen LogP contribution in [0.4, 0.5) is 10.5 Å². The summed E-state index contributed by atoms with van der Waals surface area (Å²) in [4.78, 5) is 16.6. The van der Waals surface area contributed by atoms with E-state index in [0.29, 0.717) is 8.20 Å². The normalized spacial score (nSPS) is 20.5. The third-order valence-electron chi connectivity index (χ3n) is 3.11.